The number of hydrogen-bond acceptors (Lipinski definition) is 5. The average molecular weight is 302 g/mol. The quantitative estimate of drug-likeness (QED) is 0.899. The standard InChI is InChI=1S/C15H22N6O/c1-9(2)12-8-13(17-10(3)16-12)18-11-4-5-14-19-20-15(22)21(14)7-6-11/h8-9,11H,4-7H2,1-3H3,(H,20,22)(H,16,17,18). The zero-order valence-electron chi connectivity index (χ0n) is 13.3. The fourth-order valence-corrected chi connectivity index (χ4v) is 2.82. The maximum Gasteiger partial charge on any atom is 0.343 e. The third-order valence-electron chi connectivity index (χ3n) is 4.06. The normalized spacial score (nSPS) is 18.1. The van der Waals surface area contributed by atoms with Gasteiger partial charge in [0.05, 0.1) is 0 Å². The number of aryl methyl sites for hydroxylation is 2. The van der Waals surface area contributed by atoms with Crippen LogP contribution in [0.1, 0.15) is 49.9 Å². The van der Waals surface area contributed by atoms with E-state index in [1.807, 2.05) is 13.0 Å². The summed E-state index contributed by atoms with van der Waals surface area (Å²) in [6.07, 6.45) is 2.61. The first-order valence-electron chi connectivity index (χ1n) is 7.79. The summed E-state index contributed by atoms with van der Waals surface area (Å²) in [4.78, 5) is 20.6. The second kappa shape index (κ2) is 5.90. The molecule has 1 atom stereocenters. The molecule has 118 valence electrons. The smallest absolute Gasteiger partial charge is 0.343 e. The lowest BCUT2D eigenvalue weighted by atomic mass is 10.1. The van der Waals surface area contributed by atoms with E-state index in [2.05, 4.69) is 39.3 Å². The van der Waals surface area contributed by atoms with Crippen molar-refractivity contribution in [3.8, 4) is 0 Å². The van der Waals surface area contributed by atoms with Crippen LogP contribution >= 0.6 is 0 Å². The number of nitrogens with zero attached hydrogens (tertiary/aromatic N) is 4. The Balaban J connectivity index is 1.73. The van der Waals surface area contributed by atoms with Crippen LogP contribution in [0.15, 0.2) is 10.9 Å². The van der Waals surface area contributed by atoms with Crippen LogP contribution in [0.3, 0.4) is 0 Å². The maximum atomic E-state index is 11.6. The van der Waals surface area contributed by atoms with Gasteiger partial charge in [-0.2, -0.15) is 5.10 Å². The molecule has 0 aromatic carbocycles. The van der Waals surface area contributed by atoms with Gasteiger partial charge in [-0.1, -0.05) is 13.8 Å². The van der Waals surface area contributed by atoms with Crippen LogP contribution in [-0.2, 0) is 13.0 Å². The van der Waals surface area contributed by atoms with Gasteiger partial charge in [0.25, 0.3) is 0 Å². The summed E-state index contributed by atoms with van der Waals surface area (Å²) in [5.74, 6) is 2.87. The number of aromatic amines is 1. The fourth-order valence-electron chi connectivity index (χ4n) is 2.82. The lowest BCUT2D eigenvalue weighted by Gasteiger charge is -2.18. The van der Waals surface area contributed by atoms with Crippen molar-refractivity contribution in [1.82, 2.24) is 24.7 Å². The molecule has 0 fully saturated rings. The molecular weight excluding hydrogens is 280 g/mol. The zero-order valence-corrected chi connectivity index (χ0v) is 13.3. The Morgan fingerprint density at radius 2 is 2.18 bits per heavy atom. The van der Waals surface area contributed by atoms with Crippen molar-refractivity contribution in [2.45, 2.75) is 58.5 Å². The number of hydrogen-bond donors (Lipinski definition) is 2. The van der Waals surface area contributed by atoms with Gasteiger partial charge >= 0.3 is 5.69 Å². The molecule has 1 aliphatic rings. The maximum absolute atomic E-state index is 11.6. The molecule has 7 nitrogen and oxygen atoms in total. The molecule has 22 heavy (non-hydrogen) atoms. The molecule has 3 heterocycles. The van der Waals surface area contributed by atoms with Crippen molar-refractivity contribution in [3.63, 3.8) is 0 Å². The van der Waals surface area contributed by atoms with Gasteiger partial charge in [-0.15, -0.1) is 0 Å². The van der Waals surface area contributed by atoms with Gasteiger partial charge in [0.1, 0.15) is 17.5 Å². The first-order chi connectivity index (χ1) is 10.5. The van der Waals surface area contributed by atoms with Crippen molar-refractivity contribution in [2.75, 3.05) is 5.32 Å². The largest absolute Gasteiger partial charge is 0.367 e. The van der Waals surface area contributed by atoms with Crippen LogP contribution in [0.25, 0.3) is 0 Å². The molecule has 7 heteroatoms. The highest BCUT2D eigenvalue weighted by Crippen LogP contribution is 2.19. The van der Waals surface area contributed by atoms with Crippen molar-refractivity contribution in [3.05, 3.63) is 33.9 Å². The summed E-state index contributed by atoms with van der Waals surface area (Å²) in [5.41, 5.74) is 0.934. The van der Waals surface area contributed by atoms with Crippen LogP contribution in [-0.4, -0.2) is 30.8 Å². The molecule has 0 spiro atoms. The van der Waals surface area contributed by atoms with E-state index in [0.717, 1.165) is 42.4 Å². The van der Waals surface area contributed by atoms with E-state index in [1.54, 1.807) is 4.57 Å². The molecule has 3 rings (SSSR count). The van der Waals surface area contributed by atoms with Crippen LogP contribution in [0, 0.1) is 6.92 Å². The first-order valence-corrected chi connectivity index (χ1v) is 7.79. The second-order valence-electron chi connectivity index (χ2n) is 6.15. The number of H-pyrrole nitrogens is 1. The summed E-state index contributed by atoms with van der Waals surface area (Å²) >= 11 is 0. The SMILES string of the molecule is Cc1nc(NC2CCc3n[nH]c(=O)n3CC2)cc(C(C)C)n1. The molecule has 0 saturated heterocycles. The van der Waals surface area contributed by atoms with Gasteiger partial charge in [-0.25, -0.2) is 19.9 Å². The highest BCUT2D eigenvalue weighted by atomic mass is 16.1. The van der Waals surface area contributed by atoms with Gasteiger partial charge < -0.3 is 5.32 Å². The molecule has 2 aromatic heterocycles. The van der Waals surface area contributed by atoms with E-state index < -0.39 is 0 Å². The molecule has 0 amide bonds. The van der Waals surface area contributed by atoms with Crippen LogP contribution < -0.4 is 11.0 Å². The van der Waals surface area contributed by atoms with Gasteiger partial charge in [-0.05, 0) is 25.7 Å². The Labute approximate surface area is 129 Å². The van der Waals surface area contributed by atoms with Crippen LogP contribution in [0.2, 0.25) is 0 Å². The minimum Gasteiger partial charge on any atom is -0.367 e. The number of rotatable bonds is 3. The number of nitrogens with one attached hydrogen (secondary N) is 2. The molecule has 2 aromatic rings. The predicted molar refractivity (Wildman–Crippen MR) is 84.1 cm³/mol. The highest BCUT2D eigenvalue weighted by molar-refractivity contribution is 5.38. The van der Waals surface area contributed by atoms with Crippen molar-refractivity contribution in [2.24, 2.45) is 0 Å². The van der Waals surface area contributed by atoms with E-state index in [0.29, 0.717) is 12.5 Å². The topological polar surface area (TPSA) is 88.5 Å². The lowest BCUT2D eigenvalue weighted by molar-refractivity contribution is 0.571. The van der Waals surface area contributed by atoms with Crippen molar-refractivity contribution < 1.29 is 0 Å². The molecule has 2 N–H and O–H groups in total. The van der Waals surface area contributed by atoms with Gasteiger partial charge in [0.2, 0.25) is 0 Å². The molecule has 0 bridgehead atoms. The Hall–Kier alpha value is -2.18. The fraction of sp³-hybridized carbons (Fsp3) is 0.600. The van der Waals surface area contributed by atoms with Gasteiger partial charge in [0, 0.05) is 30.8 Å². The lowest BCUT2D eigenvalue weighted by Crippen LogP contribution is -2.23. The summed E-state index contributed by atoms with van der Waals surface area (Å²) in [6.45, 7) is 6.85. The summed E-state index contributed by atoms with van der Waals surface area (Å²) in [5, 5.41) is 10.1. The first kappa shape index (κ1) is 14.7. The second-order valence-corrected chi connectivity index (χ2v) is 6.15. The molecule has 1 unspecified atom stereocenters. The van der Waals surface area contributed by atoms with E-state index in [9.17, 15) is 4.79 Å². The van der Waals surface area contributed by atoms with Crippen molar-refractivity contribution in [1.29, 1.82) is 0 Å². The third kappa shape index (κ3) is 3.03. The Morgan fingerprint density at radius 1 is 1.36 bits per heavy atom. The predicted octanol–water partition coefficient (Wildman–Crippen LogP) is 1.61. The van der Waals surface area contributed by atoms with E-state index >= 15 is 0 Å². The van der Waals surface area contributed by atoms with Crippen LogP contribution in [0.5, 0.6) is 0 Å². The number of anilines is 1. The molecule has 0 radical (unpaired) electrons. The molecule has 1 aliphatic heterocycles. The van der Waals surface area contributed by atoms with E-state index in [1.165, 1.54) is 0 Å². The third-order valence-corrected chi connectivity index (χ3v) is 4.06. The van der Waals surface area contributed by atoms with Gasteiger partial charge in [0.15, 0.2) is 0 Å². The van der Waals surface area contributed by atoms with Crippen LogP contribution in [0.4, 0.5) is 5.82 Å². The monoisotopic (exact) mass is 302 g/mol. The summed E-state index contributed by atoms with van der Waals surface area (Å²) < 4.78 is 1.73. The average Bonchev–Trinajstić information content (AvgIpc) is 2.69. The minimum atomic E-state index is -0.115. The minimum absolute atomic E-state index is 0.115. The van der Waals surface area contributed by atoms with Crippen molar-refractivity contribution >= 4 is 5.82 Å². The Bertz CT molecular complexity index is 717. The Morgan fingerprint density at radius 3 is 2.95 bits per heavy atom. The summed E-state index contributed by atoms with van der Waals surface area (Å²) in [7, 11) is 0. The molecular formula is C15H22N6O. The summed E-state index contributed by atoms with van der Waals surface area (Å²) in [6, 6.07) is 2.31. The number of fused-ring (bicyclic) bond motifs is 1. The molecule has 0 saturated carbocycles. The van der Waals surface area contributed by atoms with E-state index in [4.69, 9.17) is 0 Å². The molecule has 0 aliphatic carbocycles. The van der Waals surface area contributed by atoms with Gasteiger partial charge in [-0.3, -0.25) is 4.57 Å². The Kier molecular flexibility index (Phi) is 3.96. The number of aromatic nitrogens is 5. The highest BCUT2D eigenvalue weighted by Gasteiger charge is 2.19. The zero-order chi connectivity index (χ0) is 15.7. The van der Waals surface area contributed by atoms with E-state index in [-0.39, 0.29) is 11.7 Å².